The molecule has 1 aliphatic carbocycles. The number of aryl methyl sites for hydroxylation is 2. The quantitative estimate of drug-likeness (QED) is 0.888. The molecule has 2 aromatic rings. The summed E-state index contributed by atoms with van der Waals surface area (Å²) < 4.78 is 3.54. The van der Waals surface area contributed by atoms with Crippen molar-refractivity contribution in [1.82, 2.24) is 29.8 Å². The van der Waals surface area contributed by atoms with Gasteiger partial charge in [-0.15, -0.1) is 0 Å². The van der Waals surface area contributed by atoms with Gasteiger partial charge in [-0.25, -0.2) is 0 Å². The van der Waals surface area contributed by atoms with E-state index < -0.39 is 0 Å². The summed E-state index contributed by atoms with van der Waals surface area (Å²) in [5.74, 6) is 0.286. The average molecular weight is 342 g/mol. The highest BCUT2D eigenvalue weighted by Crippen LogP contribution is 2.41. The van der Waals surface area contributed by atoms with Gasteiger partial charge in [0.2, 0.25) is 5.91 Å². The van der Waals surface area contributed by atoms with E-state index in [2.05, 4.69) is 15.5 Å². The van der Waals surface area contributed by atoms with Gasteiger partial charge < -0.3 is 10.2 Å². The third-order valence-electron chi connectivity index (χ3n) is 5.26. The maximum absolute atomic E-state index is 12.9. The third kappa shape index (κ3) is 2.61. The second kappa shape index (κ2) is 5.72. The topological polar surface area (TPSA) is 85.1 Å². The van der Waals surface area contributed by atoms with Gasteiger partial charge in [0.05, 0.1) is 35.2 Å². The first-order valence-corrected chi connectivity index (χ1v) is 8.53. The molecule has 8 heteroatoms. The Morgan fingerprint density at radius 1 is 1.20 bits per heavy atom. The van der Waals surface area contributed by atoms with Gasteiger partial charge >= 0.3 is 0 Å². The molecule has 2 atom stereocenters. The minimum absolute atomic E-state index is 0.0186. The zero-order valence-electron chi connectivity index (χ0n) is 14.6. The standard InChI is InChI=1S/C17H22N6O2/c1-21-14(24)8-12(16(21)13-6-7-18-22(13)2)20-17(25)11-9-19-23(3)15(11)10-4-5-10/h6-7,9-10,12,16H,4-5,8H2,1-3H3,(H,20,25)/t12-,16-/m1/s1. The first-order valence-electron chi connectivity index (χ1n) is 8.53. The summed E-state index contributed by atoms with van der Waals surface area (Å²) in [5.41, 5.74) is 2.52. The first kappa shape index (κ1) is 15.9. The Bertz CT molecular complexity index is 834. The maximum Gasteiger partial charge on any atom is 0.255 e. The summed E-state index contributed by atoms with van der Waals surface area (Å²) in [6.07, 6.45) is 5.82. The molecule has 25 heavy (non-hydrogen) atoms. The Morgan fingerprint density at radius 2 is 1.96 bits per heavy atom. The van der Waals surface area contributed by atoms with Gasteiger partial charge in [-0.05, 0) is 18.9 Å². The molecule has 0 bridgehead atoms. The summed E-state index contributed by atoms with van der Waals surface area (Å²) in [6.45, 7) is 0. The van der Waals surface area contributed by atoms with Crippen molar-refractivity contribution in [3.63, 3.8) is 0 Å². The molecule has 8 nitrogen and oxygen atoms in total. The molecule has 2 aliphatic rings. The Hall–Kier alpha value is -2.64. The molecular formula is C17H22N6O2. The van der Waals surface area contributed by atoms with Gasteiger partial charge in [0.25, 0.3) is 5.91 Å². The van der Waals surface area contributed by atoms with E-state index in [-0.39, 0.29) is 30.3 Å². The van der Waals surface area contributed by atoms with Crippen molar-refractivity contribution < 1.29 is 9.59 Å². The van der Waals surface area contributed by atoms with Crippen LogP contribution < -0.4 is 5.32 Å². The lowest BCUT2D eigenvalue weighted by Gasteiger charge is -2.25. The normalized spacial score (nSPS) is 23.3. The summed E-state index contributed by atoms with van der Waals surface area (Å²) in [5, 5.41) is 11.5. The SMILES string of the molecule is CN1C(=O)C[C@@H](NC(=O)c2cnn(C)c2C2CC2)[C@@H]1c1ccnn1C. The van der Waals surface area contributed by atoms with Crippen LogP contribution in [0.2, 0.25) is 0 Å². The lowest BCUT2D eigenvalue weighted by Crippen LogP contribution is -2.40. The number of likely N-dealkylation sites (N-methyl/N-ethyl adjacent to an activating group) is 1. The highest BCUT2D eigenvalue weighted by Gasteiger charge is 2.41. The van der Waals surface area contributed by atoms with Crippen LogP contribution in [0.15, 0.2) is 18.5 Å². The van der Waals surface area contributed by atoms with E-state index in [4.69, 9.17) is 0 Å². The van der Waals surface area contributed by atoms with E-state index >= 15 is 0 Å². The molecule has 2 amide bonds. The number of amides is 2. The molecule has 2 fully saturated rings. The van der Waals surface area contributed by atoms with E-state index in [1.165, 1.54) is 0 Å². The number of hydrogen-bond acceptors (Lipinski definition) is 4. The van der Waals surface area contributed by atoms with Crippen LogP contribution >= 0.6 is 0 Å². The molecule has 1 saturated carbocycles. The number of rotatable bonds is 4. The van der Waals surface area contributed by atoms with E-state index in [9.17, 15) is 9.59 Å². The molecule has 1 saturated heterocycles. The van der Waals surface area contributed by atoms with Gasteiger partial charge in [0.1, 0.15) is 0 Å². The fourth-order valence-corrected chi connectivity index (χ4v) is 3.79. The lowest BCUT2D eigenvalue weighted by atomic mass is 10.0. The summed E-state index contributed by atoms with van der Waals surface area (Å²) in [6, 6.07) is 1.39. The van der Waals surface area contributed by atoms with Crippen LogP contribution in [0.1, 0.15) is 53.0 Å². The Balaban J connectivity index is 1.60. The Morgan fingerprint density at radius 3 is 2.60 bits per heavy atom. The number of hydrogen-bond donors (Lipinski definition) is 1. The molecule has 0 spiro atoms. The highest BCUT2D eigenvalue weighted by atomic mass is 16.2. The highest BCUT2D eigenvalue weighted by molar-refractivity contribution is 5.96. The zero-order valence-corrected chi connectivity index (χ0v) is 14.6. The average Bonchev–Trinajstić information content (AvgIpc) is 3.12. The molecular weight excluding hydrogens is 320 g/mol. The molecule has 0 radical (unpaired) electrons. The van der Waals surface area contributed by atoms with E-state index in [0.29, 0.717) is 11.5 Å². The van der Waals surface area contributed by atoms with Crippen molar-refractivity contribution in [1.29, 1.82) is 0 Å². The number of nitrogens with one attached hydrogen (secondary N) is 1. The second-order valence-electron chi connectivity index (χ2n) is 6.95. The molecule has 0 aromatic carbocycles. The smallest absolute Gasteiger partial charge is 0.255 e. The second-order valence-corrected chi connectivity index (χ2v) is 6.95. The van der Waals surface area contributed by atoms with Crippen molar-refractivity contribution in [3.05, 3.63) is 35.4 Å². The minimum atomic E-state index is -0.285. The Labute approximate surface area is 145 Å². The largest absolute Gasteiger partial charge is 0.346 e. The fourth-order valence-electron chi connectivity index (χ4n) is 3.79. The predicted octanol–water partition coefficient (Wildman–Crippen LogP) is 0.733. The number of aromatic nitrogens is 4. The van der Waals surface area contributed by atoms with Crippen molar-refractivity contribution in [2.45, 2.75) is 37.3 Å². The number of likely N-dealkylation sites (tertiary alicyclic amines) is 1. The van der Waals surface area contributed by atoms with E-state index in [0.717, 1.165) is 24.2 Å². The number of carbonyl (C=O) groups is 2. The molecule has 3 heterocycles. The first-order chi connectivity index (χ1) is 12.0. The van der Waals surface area contributed by atoms with Crippen LogP contribution in [-0.4, -0.2) is 49.4 Å². The van der Waals surface area contributed by atoms with Gasteiger partial charge in [0, 0.05) is 39.7 Å². The lowest BCUT2D eigenvalue weighted by molar-refractivity contribution is -0.127. The molecule has 1 aliphatic heterocycles. The van der Waals surface area contributed by atoms with Crippen molar-refractivity contribution in [2.75, 3.05) is 7.05 Å². The van der Waals surface area contributed by atoms with E-state index in [1.54, 1.807) is 33.7 Å². The molecule has 2 aromatic heterocycles. The number of carbonyl (C=O) groups excluding carboxylic acids is 2. The summed E-state index contributed by atoms with van der Waals surface area (Å²) in [4.78, 5) is 26.8. The van der Waals surface area contributed by atoms with Crippen LogP contribution in [0, 0.1) is 0 Å². The summed E-state index contributed by atoms with van der Waals surface area (Å²) >= 11 is 0. The molecule has 1 N–H and O–H groups in total. The molecule has 0 unspecified atom stereocenters. The maximum atomic E-state index is 12.9. The Kier molecular flexibility index (Phi) is 3.63. The predicted molar refractivity (Wildman–Crippen MR) is 89.8 cm³/mol. The van der Waals surface area contributed by atoms with Crippen LogP contribution in [0.3, 0.4) is 0 Å². The number of nitrogens with zero attached hydrogens (tertiary/aromatic N) is 5. The monoisotopic (exact) mass is 342 g/mol. The van der Waals surface area contributed by atoms with E-state index in [1.807, 2.05) is 20.2 Å². The molecule has 132 valence electrons. The zero-order chi connectivity index (χ0) is 17.7. The van der Waals surface area contributed by atoms with Crippen LogP contribution in [0.5, 0.6) is 0 Å². The summed E-state index contributed by atoms with van der Waals surface area (Å²) in [7, 11) is 5.48. The van der Waals surface area contributed by atoms with Gasteiger partial charge in [-0.3, -0.25) is 19.0 Å². The third-order valence-corrected chi connectivity index (χ3v) is 5.26. The van der Waals surface area contributed by atoms with Crippen LogP contribution in [0.25, 0.3) is 0 Å². The van der Waals surface area contributed by atoms with Crippen LogP contribution in [-0.2, 0) is 18.9 Å². The van der Waals surface area contributed by atoms with Crippen molar-refractivity contribution in [3.8, 4) is 0 Å². The fraction of sp³-hybridized carbons (Fsp3) is 0.529. The van der Waals surface area contributed by atoms with Gasteiger partial charge in [-0.2, -0.15) is 10.2 Å². The van der Waals surface area contributed by atoms with Crippen LogP contribution in [0.4, 0.5) is 0 Å². The minimum Gasteiger partial charge on any atom is -0.346 e. The van der Waals surface area contributed by atoms with Crippen molar-refractivity contribution >= 4 is 11.8 Å². The molecule has 4 rings (SSSR count). The van der Waals surface area contributed by atoms with Gasteiger partial charge in [0.15, 0.2) is 0 Å². The van der Waals surface area contributed by atoms with Gasteiger partial charge in [-0.1, -0.05) is 0 Å². The van der Waals surface area contributed by atoms with Crippen molar-refractivity contribution in [2.24, 2.45) is 14.1 Å².